The van der Waals surface area contributed by atoms with Crippen LogP contribution in [0.15, 0.2) is 59.8 Å². The smallest absolute Gasteiger partial charge is 0.240 e. The predicted octanol–water partition coefficient (Wildman–Crippen LogP) is 2.81. The van der Waals surface area contributed by atoms with E-state index in [2.05, 4.69) is 16.6 Å². The highest BCUT2D eigenvalue weighted by Gasteiger charge is 2.13. The van der Waals surface area contributed by atoms with E-state index in [-0.39, 0.29) is 0 Å². The Bertz CT molecular complexity index is 882. The molecule has 0 amide bonds. The van der Waals surface area contributed by atoms with E-state index in [0.29, 0.717) is 17.9 Å². The molecule has 0 aliphatic heterocycles. The van der Waals surface area contributed by atoms with E-state index in [0.717, 1.165) is 29.7 Å². The normalized spacial score (nSPS) is 11.9. The molecule has 0 aliphatic carbocycles. The predicted molar refractivity (Wildman–Crippen MR) is 94.5 cm³/mol. The highest BCUT2D eigenvalue weighted by atomic mass is 32.2. The van der Waals surface area contributed by atoms with Gasteiger partial charge in [-0.25, -0.2) is 18.1 Å². The van der Waals surface area contributed by atoms with E-state index in [1.165, 1.54) is 0 Å². The fraction of sp³-hybridized carbons (Fsp3) is 0.278. The standard InChI is InChI=1S/C18H21N3O2S/c1-2-5-15-7-9-17(10-8-15)24(22,23)19-12-11-16-14-21-13-4-3-6-18(21)20-16/h3-4,6-10,13-14,19H,2,5,11-12H2,1H3. The van der Waals surface area contributed by atoms with Gasteiger partial charge < -0.3 is 4.40 Å². The topological polar surface area (TPSA) is 63.5 Å². The van der Waals surface area contributed by atoms with Crippen molar-refractivity contribution in [1.29, 1.82) is 0 Å². The summed E-state index contributed by atoms with van der Waals surface area (Å²) in [5.74, 6) is 0. The zero-order valence-corrected chi connectivity index (χ0v) is 14.5. The van der Waals surface area contributed by atoms with Crippen LogP contribution in [0, 0.1) is 0 Å². The molecule has 126 valence electrons. The van der Waals surface area contributed by atoms with Gasteiger partial charge in [-0.05, 0) is 36.2 Å². The third kappa shape index (κ3) is 3.83. The van der Waals surface area contributed by atoms with Gasteiger partial charge >= 0.3 is 0 Å². The largest absolute Gasteiger partial charge is 0.307 e. The average Bonchev–Trinajstić information content (AvgIpc) is 2.98. The van der Waals surface area contributed by atoms with Gasteiger partial charge in [0.15, 0.2) is 0 Å². The van der Waals surface area contributed by atoms with Gasteiger partial charge in [-0.15, -0.1) is 0 Å². The first-order chi connectivity index (χ1) is 11.6. The van der Waals surface area contributed by atoms with Crippen LogP contribution in [0.3, 0.4) is 0 Å². The minimum Gasteiger partial charge on any atom is -0.307 e. The van der Waals surface area contributed by atoms with E-state index in [1.54, 1.807) is 12.1 Å². The summed E-state index contributed by atoms with van der Waals surface area (Å²) in [6.07, 6.45) is 6.40. The number of hydrogen-bond acceptors (Lipinski definition) is 3. The summed E-state index contributed by atoms with van der Waals surface area (Å²) in [7, 11) is -3.48. The molecule has 0 spiro atoms. The van der Waals surface area contributed by atoms with Crippen molar-refractivity contribution in [3.05, 3.63) is 66.1 Å². The van der Waals surface area contributed by atoms with Crippen LogP contribution in [-0.4, -0.2) is 24.3 Å². The lowest BCUT2D eigenvalue weighted by molar-refractivity contribution is 0.581. The minimum absolute atomic E-state index is 0.303. The molecule has 0 fully saturated rings. The second-order valence-corrected chi connectivity index (χ2v) is 7.51. The third-order valence-electron chi connectivity index (χ3n) is 3.86. The van der Waals surface area contributed by atoms with Crippen LogP contribution in [0.5, 0.6) is 0 Å². The molecule has 2 heterocycles. The Kier molecular flexibility index (Phi) is 4.97. The van der Waals surface area contributed by atoms with Crippen LogP contribution in [0.1, 0.15) is 24.6 Å². The van der Waals surface area contributed by atoms with Gasteiger partial charge in [0.25, 0.3) is 0 Å². The lowest BCUT2D eigenvalue weighted by atomic mass is 10.1. The minimum atomic E-state index is -3.48. The number of aromatic nitrogens is 2. The summed E-state index contributed by atoms with van der Waals surface area (Å²) >= 11 is 0. The van der Waals surface area contributed by atoms with Crippen molar-refractivity contribution in [2.24, 2.45) is 0 Å². The molecule has 2 aromatic heterocycles. The second kappa shape index (κ2) is 7.15. The lowest BCUT2D eigenvalue weighted by Gasteiger charge is -2.07. The van der Waals surface area contributed by atoms with E-state index in [4.69, 9.17) is 0 Å². The van der Waals surface area contributed by atoms with Crippen LogP contribution in [0.4, 0.5) is 0 Å². The molecule has 24 heavy (non-hydrogen) atoms. The Morgan fingerprint density at radius 3 is 2.58 bits per heavy atom. The van der Waals surface area contributed by atoms with Gasteiger partial charge in [0.2, 0.25) is 10.0 Å². The van der Waals surface area contributed by atoms with Crippen LogP contribution >= 0.6 is 0 Å². The number of sulfonamides is 1. The Morgan fingerprint density at radius 1 is 1.08 bits per heavy atom. The number of fused-ring (bicyclic) bond motifs is 1. The van der Waals surface area contributed by atoms with Gasteiger partial charge in [0.05, 0.1) is 10.6 Å². The van der Waals surface area contributed by atoms with Crippen molar-refractivity contribution >= 4 is 15.7 Å². The quantitative estimate of drug-likeness (QED) is 0.717. The van der Waals surface area contributed by atoms with E-state index < -0.39 is 10.0 Å². The van der Waals surface area contributed by atoms with Gasteiger partial charge in [-0.1, -0.05) is 31.5 Å². The van der Waals surface area contributed by atoms with Gasteiger partial charge in [-0.3, -0.25) is 0 Å². The number of pyridine rings is 1. The van der Waals surface area contributed by atoms with Crippen molar-refractivity contribution in [1.82, 2.24) is 14.1 Å². The Hall–Kier alpha value is -2.18. The van der Waals surface area contributed by atoms with Gasteiger partial charge in [-0.2, -0.15) is 0 Å². The number of hydrogen-bond donors (Lipinski definition) is 1. The number of benzene rings is 1. The fourth-order valence-corrected chi connectivity index (χ4v) is 3.66. The summed E-state index contributed by atoms with van der Waals surface area (Å²) in [6, 6.07) is 12.9. The zero-order valence-electron chi connectivity index (χ0n) is 13.6. The van der Waals surface area contributed by atoms with E-state index in [1.807, 2.05) is 47.1 Å². The molecule has 5 nitrogen and oxygen atoms in total. The summed E-state index contributed by atoms with van der Waals surface area (Å²) in [5, 5.41) is 0. The van der Waals surface area contributed by atoms with Gasteiger partial charge in [0.1, 0.15) is 5.65 Å². The molecule has 0 atom stereocenters. The van der Waals surface area contributed by atoms with Crippen LogP contribution in [0.2, 0.25) is 0 Å². The molecule has 1 N–H and O–H groups in total. The Balaban J connectivity index is 1.62. The third-order valence-corrected chi connectivity index (χ3v) is 5.34. The van der Waals surface area contributed by atoms with Crippen LogP contribution in [-0.2, 0) is 22.9 Å². The maximum atomic E-state index is 12.3. The molecule has 6 heteroatoms. The summed E-state index contributed by atoms with van der Waals surface area (Å²) < 4.78 is 29.2. The van der Waals surface area contributed by atoms with Crippen molar-refractivity contribution in [3.8, 4) is 0 Å². The van der Waals surface area contributed by atoms with Crippen LogP contribution in [0.25, 0.3) is 5.65 Å². The molecule has 0 saturated heterocycles. The molecule has 1 aromatic carbocycles. The van der Waals surface area contributed by atoms with Crippen molar-refractivity contribution in [2.75, 3.05) is 6.54 Å². The molecule has 0 radical (unpaired) electrons. The summed E-state index contributed by atoms with van der Waals surface area (Å²) in [6.45, 7) is 2.43. The number of nitrogens with zero attached hydrogens (tertiary/aromatic N) is 2. The molecule has 3 aromatic rings. The fourth-order valence-electron chi connectivity index (χ4n) is 2.63. The second-order valence-electron chi connectivity index (χ2n) is 5.74. The molecule has 0 bridgehead atoms. The van der Waals surface area contributed by atoms with Gasteiger partial charge in [0, 0.05) is 25.4 Å². The highest BCUT2D eigenvalue weighted by Crippen LogP contribution is 2.12. The molecule has 0 unspecified atom stereocenters. The Morgan fingerprint density at radius 2 is 1.88 bits per heavy atom. The average molecular weight is 343 g/mol. The highest BCUT2D eigenvalue weighted by molar-refractivity contribution is 7.89. The molecule has 0 saturated carbocycles. The van der Waals surface area contributed by atoms with Crippen molar-refractivity contribution in [3.63, 3.8) is 0 Å². The van der Waals surface area contributed by atoms with E-state index in [9.17, 15) is 8.42 Å². The van der Waals surface area contributed by atoms with E-state index >= 15 is 0 Å². The van der Waals surface area contributed by atoms with Crippen molar-refractivity contribution < 1.29 is 8.42 Å². The monoisotopic (exact) mass is 343 g/mol. The Labute approximate surface area is 142 Å². The SMILES string of the molecule is CCCc1ccc(S(=O)(=O)NCCc2cn3ccccc3n2)cc1. The first-order valence-corrected chi connectivity index (χ1v) is 9.58. The van der Waals surface area contributed by atoms with Crippen molar-refractivity contribution in [2.45, 2.75) is 31.1 Å². The molecular weight excluding hydrogens is 322 g/mol. The number of aryl methyl sites for hydroxylation is 1. The number of imidazole rings is 1. The molecule has 3 rings (SSSR count). The number of nitrogens with one attached hydrogen (secondary N) is 1. The first kappa shape index (κ1) is 16.7. The maximum Gasteiger partial charge on any atom is 0.240 e. The molecule has 0 aliphatic rings. The molecular formula is C18H21N3O2S. The maximum absolute atomic E-state index is 12.3. The summed E-state index contributed by atoms with van der Waals surface area (Å²) in [4.78, 5) is 4.77. The lowest BCUT2D eigenvalue weighted by Crippen LogP contribution is -2.26. The van der Waals surface area contributed by atoms with Crippen LogP contribution < -0.4 is 4.72 Å². The first-order valence-electron chi connectivity index (χ1n) is 8.10. The number of rotatable bonds is 7. The zero-order chi connectivity index (χ0) is 17.0. The summed E-state index contributed by atoms with van der Waals surface area (Å²) in [5.41, 5.74) is 2.88.